The van der Waals surface area contributed by atoms with Crippen LogP contribution in [0.4, 0.5) is 0 Å². The third-order valence-electron chi connectivity index (χ3n) is 2.41. The summed E-state index contributed by atoms with van der Waals surface area (Å²) < 4.78 is 5.64. The van der Waals surface area contributed by atoms with Crippen LogP contribution in [0.3, 0.4) is 0 Å². The van der Waals surface area contributed by atoms with Gasteiger partial charge in [0, 0.05) is 11.9 Å². The molecular weight excluding hydrogens is 252 g/mol. The first-order valence-corrected chi connectivity index (χ1v) is 6.71. The van der Waals surface area contributed by atoms with Gasteiger partial charge in [0.2, 0.25) is 0 Å². The maximum Gasteiger partial charge on any atom is 0.0719 e. The molecule has 1 aromatic carbocycles. The maximum atomic E-state index is 5.64. The van der Waals surface area contributed by atoms with E-state index in [2.05, 4.69) is 47.1 Å². The summed E-state index contributed by atoms with van der Waals surface area (Å²) in [6.07, 6.45) is 3.69. The molecule has 0 saturated heterocycles. The van der Waals surface area contributed by atoms with E-state index in [4.69, 9.17) is 4.74 Å². The molecule has 0 aliphatic rings. The van der Waals surface area contributed by atoms with E-state index in [1.165, 1.54) is 30.4 Å². The van der Waals surface area contributed by atoms with Gasteiger partial charge in [-0.3, -0.25) is 0 Å². The number of benzene rings is 1. The molecule has 0 spiro atoms. The van der Waals surface area contributed by atoms with E-state index < -0.39 is 0 Å². The zero-order chi connectivity index (χ0) is 10.9. The molecule has 0 aliphatic carbocycles. The van der Waals surface area contributed by atoms with Crippen molar-refractivity contribution in [1.29, 1.82) is 0 Å². The first kappa shape index (κ1) is 12.7. The van der Waals surface area contributed by atoms with Crippen LogP contribution in [0.5, 0.6) is 0 Å². The van der Waals surface area contributed by atoms with Crippen molar-refractivity contribution >= 4 is 15.9 Å². The molecule has 0 aliphatic heterocycles. The number of hydrogen-bond acceptors (Lipinski definition) is 1. The third kappa shape index (κ3) is 4.80. The molecule has 0 radical (unpaired) electrons. The van der Waals surface area contributed by atoms with Gasteiger partial charge in [0.1, 0.15) is 0 Å². The Kier molecular flexibility index (Phi) is 6.69. The molecule has 1 aromatic rings. The van der Waals surface area contributed by atoms with Crippen molar-refractivity contribution in [2.45, 2.75) is 38.1 Å². The Morgan fingerprint density at radius 1 is 1.13 bits per heavy atom. The maximum absolute atomic E-state index is 5.64. The number of hydrogen-bond donors (Lipinski definition) is 0. The monoisotopic (exact) mass is 270 g/mol. The molecule has 1 nitrogen and oxygen atoms in total. The fraction of sp³-hybridized carbons (Fsp3) is 0.538. The first-order valence-electron chi connectivity index (χ1n) is 5.59. The van der Waals surface area contributed by atoms with Crippen molar-refractivity contribution in [2.24, 2.45) is 0 Å². The number of unbranched alkanes of at least 4 members (excludes halogenated alkanes) is 2. The molecule has 15 heavy (non-hydrogen) atoms. The number of alkyl halides is 1. The summed E-state index contributed by atoms with van der Waals surface area (Å²) in [5.74, 6) is 0. The Morgan fingerprint density at radius 3 is 2.53 bits per heavy atom. The fourth-order valence-electron chi connectivity index (χ4n) is 1.46. The van der Waals surface area contributed by atoms with Gasteiger partial charge in [0.05, 0.1) is 6.61 Å². The largest absolute Gasteiger partial charge is 0.377 e. The molecule has 1 rings (SSSR count). The van der Waals surface area contributed by atoms with E-state index in [-0.39, 0.29) is 0 Å². The SMILES string of the molecule is CCCCCOCc1ccccc1CBr. The van der Waals surface area contributed by atoms with Gasteiger partial charge in [0.15, 0.2) is 0 Å². The standard InChI is InChI=1S/C13H19BrO/c1-2-3-6-9-15-11-13-8-5-4-7-12(13)10-14/h4-5,7-8H,2-3,6,9-11H2,1H3. The van der Waals surface area contributed by atoms with Gasteiger partial charge in [0.25, 0.3) is 0 Å². The van der Waals surface area contributed by atoms with Crippen molar-refractivity contribution in [3.8, 4) is 0 Å². The zero-order valence-electron chi connectivity index (χ0n) is 9.34. The van der Waals surface area contributed by atoms with Crippen molar-refractivity contribution in [2.75, 3.05) is 6.61 Å². The highest BCUT2D eigenvalue weighted by Crippen LogP contribution is 2.13. The normalized spacial score (nSPS) is 10.5. The minimum atomic E-state index is 0.742. The predicted octanol–water partition coefficient (Wildman–Crippen LogP) is 4.29. The average molecular weight is 271 g/mol. The molecule has 0 aromatic heterocycles. The molecule has 0 N–H and O–H groups in total. The average Bonchev–Trinajstić information content (AvgIpc) is 2.29. The second kappa shape index (κ2) is 7.89. The lowest BCUT2D eigenvalue weighted by Gasteiger charge is -2.07. The molecule has 0 bridgehead atoms. The van der Waals surface area contributed by atoms with Crippen LogP contribution in [0.2, 0.25) is 0 Å². The molecule has 84 valence electrons. The van der Waals surface area contributed by atoms with Crippen molar-refractivity contribution in [1.82, 2.24) is 0 Å². The molecule has 0 amide bonds. The highest BCUT2D eigenvalue weighted by molar-refractivity contribution is 9.08. The Bertz CT molecular complexity index is 273. The Labute approximate surface area is 101 Å². The van der Waals surface area contributed by atoms with Gasteiger partial charge < -0.3 is 4.74 Å². The topological polar surface area (TPSA) is 9.23 Å². The summed E-state index contributed by atoms with van der Waals surface area (Å²) in [6.45, 7) is 3.83. The number of rotatable bonds is 7. The second-order valence-electron chi connectivity index (χ2n) is 3.66. The van der Waals surface area contributed by atoms with Crippen LogP contribution in [0.25, 0.3) is 0 Å². The summed E-state index contributed by atoms with van der Waals surface area (Å²) in [4.78, 5) is 0. The molecule has 2 heteroatoms. The van der Waals surface area contributed by atoms with Gasteiger partial charge in [-0.25, -0.2) is 0 Å². The Balaban J connectivity index is 2.30. The van der Waals surface area contributed by atoms with E-state index in [0.717, 1.165) is 18.5 Å². The molecule has 0 atom stereocenters. The number of halogens is 1. The van der Waals surface area contributed by atoms with E-state index in [1.54, 1.807) is 0 Å². The third-order valence-corrected chi connectivity index (χ3v) is 3.02. The van der Waals surface area contributed by atoms with Gasteiger partial charge in [-0.2, -0.15) is 0 Å². The van der Waals surface area contributed by atoms with Crippen LogP contribution in [0.15, 0.2) is 24.3 Å². The van der Waals surface area contributed by atoms with Crippen LogP contribution in [-0.2, 0) is 16.7 Å². The van der Waals surface area contributed by atoms with E-state index >= 15 is 0 Å². The molecule has 0 fully saturated rings. The van der Waals surface area contributed by atoms with Gasteiger partial charge in [-0.05, 0) is 17.5 Å². The van der Waals surface area contributed by atoms with Crippen molar-refractivity contribution in [3.05, 3.63) is 35.4 Å². The number of ether oxygens (including phenoxy) is 1. The highest BCUT2D eigenvalue weighted by atomic mass is 79.9. The van der Waals surface area contributed by atoms with Crippen LogP contribution >= 0.6 is 15.9 Å². The van der Waals surface area contributed by atoms with Gasteiger partial charge in [-0.15, -0.1) is 0 Å². The summed E-state index contributed by atoms with van der Waals surface area (Å²) in [5.41, 5.74) is 2.62. The van der Waals surface area contributed by atoms with Crippen molar-refractivity contribution in [3.63, 3.8) is 0 Å². The van der Waals surface area contributed by atoms with Gasteiger partial charge in [-0.1, -0.05) is 60.0 Å². The van der Waals surface area contributed by atoms with Crippen LogP contribution in [0.1, 0.15) is 37.3 Å². The van der Waals surface area contributed by atoms with Crippen molar-refractivity contribution < 1.29 is 4.74 Å². The van der Waals surface area contributed by atoms with E-state index in [0.29, 0.717) is 0 Å². The lowest BCUT2D eigenvalue weighted by molar-refractivity contribution is 0.116. The first-order chi connectivity index (χ1) is 7.38. The van der Waals surface area contributed by atoms with Crippen LogP contribution in [0, 0.1) is 0 Å². The summed E-state index contributed by atoms with van der Waals surface area (Å²) >= 11 is 3.49. The summed E-state index contributed by atoms with van der Waals surface area (Å²) in [6, 6.07) is 8.41. The molecule has 0 heterocycles. The lowest BCUT2D eigenvalue weighted by Crippen LogP contribution is -1.98. The molecular formula is C13H19BrO. The zero-order valence-corrected chi connectivity index (χ0v) is 10.9. The quantitative estimate of drug-likeness (QED) is 0.531. The molecule has 0 saturated carbocycles. The van der Waals surface area contributed by atoms with Crippen LogP contribution < -0.4 is 0 Å². The Hall–Kier alpha value is -0.340. The predicted molar refractivity (Wildman–Crippen MR) is 68.3 cm³/mol. The van der Waals surface area contributed by atoms with E-state index in [9.17, 15) is 0 Å². The highest BCUT2D eigenvalue weighted by Gasteiger charge is 1.99. The minimum absolute atomic E-state index is 0.742. The summed E-state index contributed by atoms with van der Waals surface area (Å²) in [5, 5.41) is 0.904. The minimum Gasteiger partial charge on any atom is -0.377 e. The summed E-state index contributed by atoms with van der Waals surface area (Å²) in [7, 11) is 0. The fourth-order valence-corrected chi connectivity index (χ4v) is 2.01. The van der Waals surface area contributed by atoms with Crippen LogP contribution in [-0.4, -0.2) is 6.61 Å². The van der Waals surface area contributed by atoms with Gasteiger partial charge >= 0.3 is 0 Å². The second-order valence-corrected chi connectivity index (χ2v) is 4.22. The Morgan fingerprint density at radius 2 is 1.87 bits per heavy atom. The molecule has 0 unspecified atom stereocenters. The smallest absolute Gasteiger partial charge is 0.0719 e. The van der Waals surface area contributed by atoms with E-state index in [1.807, 2.05) is 0 Å². The lowest BCUT2D eigenvalue weighted by atomic mass is 10.1.